The van der Waals surface area contributed by atoms with Crippen molar-refractivity contribution in [3.8, 4) is 0 Å². The van der Waals surface area contributed by atoms with Gasteiger partial charge in [-0.1, -0.05) is 25.7 Å². The van der Waals surface area contributed by atoms with Crippen molar-refractivity contribution < 1.29 is 13.2 Å². The third kappa shape index (κ3) is 4.49. The van der Waals surface area contributed by atoms with Gasteiger partial charge in [0.25, 0.3) is 0 Å². The molecule has 4 nitrogen and oxygen atoms in total. The van der Waals surface area contributed by atoms with Gasteiger partial charge in [0.05, 0.1) is 5.75 Å². The van der Waals surface area contributed by atoms with E-state index in [4.69, 9.17) is 0 Å². The Labute approximate surface area is 140 Å². The summed E-state index contributed by atoms with van der Waals surface area (Å²) in [6.45, 7) is 2.05. The van der Waals surface area contributed by atoms with Crippen LogP contribution >= 0.6 is 0 Å². The summed E-state index contributed by atoms with van der Waals surface area (Å²) < 4.78 is 24.6. The van der Waals surface area contributed by atoms with Crippen LogP contribution in [-0.2, 0) is 14.6 Å². The van der Waals surface area contributed by atoms with Crippen molar-refractivity contribution in [2.75, 3.05) is 11.5 Å². The Morgan fingerprint density at radius 3 is 2.43 bits per heavy atom. The fraction of sp³-hybridized carbons (Fsp3) is 0.944. The average Bonchev–Trinajstić information content (AvgIpc) is 3.09. The predicted molar refractivity (Wildman–Crippen MR) is 91.8 cm³/mol. The van der Waals surface area contributed by atoms with E-state index in [1.54, 1.807) is 0 Å². The molecule has 0 unspecified atom stereocenters. The Hall–Kier alpha value is -0.580. The van der Waals surface area contributed by atoms with Gasteiger partial charge in [-0.25, -0.2) is 8.42 Å². The third-order valence-electron chi connectivity index (χ3n) is 6.39. The van der Waals surface area contributed by atoms with Crippen molar-refractivity contribution >= 4 is 15.7 Å². The quantitative estimate of drug-likeness (QED) is 0.808. The van der Waals surface area contributed by atoms with Gasteiger partial charge in [-0.2, -0.15) is 0 Å². The number of carbonyl (C=O) groups is 1. The predicted octanol–water partition coefficient (Wildman–Crippen LogP) is 2.92. The van der Waals surface area contributed by atoms with Crippen LogP contribution in [0.25, 0.3) is 0 Å². The third-order valence-corrected chi connectivity index (χ3v) is 8.07. The van der Waals surface area contributed by atoms with Crippen LogP contribution in [0.4, 0.5) is 0 Å². The van der Waals surface area contributed by atoms with Crippen LogP contribution in [0.1, 0.15) is 64.7 Å². The van der Waals surface area contributed by atoms with Crippen LogP contribution in [-0.4, -0.2) is 31.9 Å². The Kier molecular flexibility index (Phi) is 5.34. The van der Waals surface area contributed by atoms with E-state index in [0.717, 1.165) is 37.5 Å². The molecule has 5 heteroatoms. The normalized spacial score (nSPS) is 32.8. The molecule has 1 amide bonds. The number of sulfone groups is 1. The highest BCUT2D eigenvalue weighted by atomic mass is 32.2. The molecular weight excluding hydrogens is 310 g/mol. The molecule has 0 heterocycles. The van der Waals surface area contributed by atoms with E-state index in [1.807, 2.05) is 0 Å². The van der Waals surface area contributed by atoms with Crippen molar-refractivity contribution in [1.29, 1.82) is 0 Å². The number of amides is 1. The zero-order valence-corrected chi connectivity index (χ0v) is 15.1. The van der Waals surface area contributed by atoms with Crippen LogP contribution in [0.15, 0.2) is 0 Å². The molecule has 3 aliphatic rings. The first-order valence-electron chi connectivity index (χ1n) is 9.43. The first-order valence-corrected chi connectivity index (χ1v) is 11.2. The average molecular weight is 342 g/mol. The van der Waals surface area contributed by atoms with Gasteiger partial charge < -0.3 is 5.32 Å². The lowest BCUT2D eigenvalue weighted by atomic mass is 9.84. The highest BCUT2D eigenvalue weighted by Gasteiger charge is 2.42. The summed E-state index contributed by atoms with van der Waals surface area (Å²) in [5.41, 5.74) is 0. The van der Waals surface area contributed by atoms with Gasteiger partial charge in [0.1, 0.15) is 5.75 Å². The lowest BCUT2D eigenvalue weighted by molar-refractivity contribution is -0.119. The summed E-state index contributed by atoms with van der Waals surface area (Å²) in [4.78, 5) is 12.2. The minimum atomic E-state index is -3.27. The largest absolute Gasteiger partial charge is 0.352 e. The second-order valence-corrected chi connectivity index (χ2v) is 10.4. The summed E-state index contributed by atoms with van der Waals surface area (Å²) in [7, 11) is -3.27. The number of rotatable bonds is 6. The Morgan fingerprint density at radius 1 is 1.09 bits per heavy atom. The minimum absolute atomic E-state index is 0.114. The topological polar surface area (TPSA) is 63.2 Å². The number of hydrogen-bond acceptors (Lipinski definition) is 3. The van der Waals surface area contributed by atoms with E-state index >= 15 is 0 Å². The van der Waals surface area contributed by atoms with E-state index in [-0.39, 0.29) is 29.4 Å². The summed E-state index contributed by atoms with van der Waals surface area (Å²) in [5, 5.41) is 2.98. The standard InChI is InChI=1S/C18H31NO3S/c1-13(17-10-15-7-8-16(17)9-15)19-18(20)12-23(21,22)11-14-5-3-2-4-6-14/h13-17H,2-12H2,1H3,(H,19,20)/t13-,15+,16+,17+/m1/s1. The van der Waals surface area contributed by atoms with Crippen LogP contribution < -0.4 is 5.32 Å². The fourth-order valence-electron chi connectivity index (χ4n) is 5.28. The Balaban J connectivity index is 1.46. The van der Waals surface area contributed by atoms with Crippen LogP contribution in [0, 0.1) is 23.7 Å². The summed E-state index contributed by atoms with van der Waals surface area (Å²) in [6.07, 6.45) is 10.6. The Morgan fingerprint density at radius 2 is 1.83 bits per heavy atom. The van der Waals surface area contributed by atoms with Gasteiger partial charge in [-0.3, -0.25) is 4.79 Å². The van der Waals surface area contributed by atoms with Crippen molar-refractivity contribution in [2.45, 2.75) is 70.8 Å². The second-order valence-electron chi connectivity index (χ2n) is 8.25. The maximum atomic E-state index is 12.3. The molecule has 0 aromatic heterocycles. The summed E-state index contributed by atoms with van der Waals surface area (Å²) >= 11 is 0. The number of nitrogens with one attached hydrogen (secondary N) is 1. The lowest BCUT2D eigenvalue weighted by Gasteiger charge is -2.28. The number of hydrogen-bond donors (Lipinski definition) is 1. The lowest BCUT2D eigenvalue weighted by Crippen LogP contribution is -2.43. The van der Waals surface area contributed by atoms with E-state index in [1.165, 1.54) is 32.1 Å². The maximum absolute atomic E-state index is 12.3. The molecule has 132 valence electrons. The second kappa shape index (κ2) is 7.12. The molecule has 3 saturated carbocycles. The molecule has 0 aromatic rings. The van der Waals surface area contributed by atoms with Crippen molar-refractivity contribution in [1.82, 2.24) is 5.32 Å². The summed E-state index contributed by atoms with van der Waals surface area (Å²) in [6, 6.07) is 0.114. The SMILES string of the molecule is C[C@@H](NC(=O)CS(=O)(=O)CC1CCCCC1)[C@@H]1C[C@H]2CC[C@H]1C2. The first kappa shape index (κ1) is 17.2. The van der Waals surface area contributed by atoms with Gasteiger partial charge >= 0.3 is 0 Å². The van der Waals surface area contributed by atoms with Crippen molar-refractivity contribution in [2.24, 2.45) is 23.7 Å². The molecule has 0 spiro atoms. The molecule has 1 N–H and O–H groups in total. The van der Waals surface area contributed by atoms with E-state index < -0.39 is 9.84 Å². The monoisotopic (exact) mass is 341 g/mol. The van der Waals surface area contributed by atoms with Gasteiger partial charge in [0.15, 0.2) is 9.84 Å². The fourth-order valence-corrected chi connectivity index (χ4v) is 6.93. The van der Waals surface area contributed by atoms with Gasteiger partial charge in [0.2, 0.25) is 5.91 Å². The molecule has 3 aliphatic carbocycles. The Bertz CT molecular complexity index is 524. The molecule has 0 aromatic carbocycles. The molecule has 4 atom stereocenters. The zero-order valence-electron chi connectivity index (χ0n) is 14.3. The molecule has 0 aliphatic heterocycles. The molecule has 3 rings (SSSR count). The molecule has 2 bridgehead atoms. The van der Waals surface area contributed by atoms with E-state index in [0.29, 0.717) is 5.92 Å². The van der Waals surface area contributed by atoms with Crippen molar-refractivity contribution in [3.05, 3.63) is 0 Å². The van der Waals surface area contributed by atoms with E-state index in [2.05, 4.69) is 12.2 Å². The molecular formula is C18H31NO3S. The first-order chi connectivity index (χ1) is 10.9. The molecule has 23 heavy (non-hydrogen) atoms. The van der Waals surface area contributed by atoms with Gasteiger partial charge in [0, 0.05) is 6.04 Å². The van der Waals surface area contributed by atoms with Crippen LogP contribution in [0.2, 0.25) is 0 Å². The minimum Gasteiger partial charge on any atom is -0.352 e. The number of carbonyl (C=O) groups excluding carboxylic acids is 1. The maximum Gasteiger partial charge on any atom is 0.235 e. The van der Waals surface area contributed by atoms with Crippen molar-refractivity contribution in [3.63, 3.8) is 0 Å². The zero-order chi connectivity index (χ0) is 16.4. The highest BCUT2D eigenvalue weighted by Crippen LogP contribution is 2.49. The van der Waals surface area contributed by atoms with Crippen LogP contribution in [0.5, 0.6) is 0 Å². The smallest absolute Gasteiger partial charge is 0.235 e. The van der Waals surface area contributed by atoms with Gasteiger partial charge in [-0.15, -0.1) is 0 Å². The van der Waals surface area contributed by atoms with E-state index in [9.17, 15) is 13.2 Å². The number of fused-ring (bicyclic) bond motifs is 2. The molecule has 0 radical (unpaired) electrons. The molecule has 0 saturated heterocycles. The van der Waals surface area contributed by atoms with Gasteiger partial charge in [-0.05, 0) is 62.7 Å². The van der Waals surface area contributed by atoms with Crippen LogP contribution in [0.3, 0.4) is 0 Å². The molecule has 3 fully saturated rings. The summed E-state index contributed by atoms with van der Waals surface area (Å²) in [5.74, 6) is 1.99. The highest BCUT2D eigenvalue weighted by molar-refractivity contribution is 7.92.